The monoisotopic (exact) mass is 459 g/mol. The van der Waals surface area contributed by atoms with E-state index < -0.39 is 5.91 Å². The van der Waals surface area contributed by atoms with Crippen LogP contribution in [-0.4, -0.2) is 45.9 Å². The van der Waals surface area contributed by atoms with Crippen LogP contribution in [0.3, 0.4) is 0 Å². The molecule has 1 saturated heterocycles. The average molecular weight is 460 g/mol. The maximum absolute atomic E-state index is 12.6. The molecule has 1 aliphatic heterocycles. The molecule has 34 heavy (non-hydrogen) atoms. The minimum Gasteiger partial charge on any atom is -0.365 e. The Balaban J connectivity index is 1.57. The topological polar surface area (TPSA) is 116 Å². The van der Waals surface area contributed by atoms with Crippen molar-refractivity contribution in [3.05, 3.63) is 66.4 Å². The summed E-state index contributed by atoms with van der Waals surface area (Å²) in [6.07, 6.45) is 3.47. The number of amides is 3. The molecule has 3 amide bonds. The van der Waals surface area contributed by atoms with Gasteiger partial charge in [-0.1, -0.05) is 24.3 Å². The number of para-hydroxylation sites is 1. The number of benzene rings is 2. The zero-order chi connectivity index (χ0) is 24.1. The first-order chi connectivity index (χ1) is 16.5. The number of likely N-dealkylation sites (tertiary alicyclic amines) is 1. The van der Waals surface area contributed by atoms with E-state index in [1.165, 1.54) is 6.20 Å². The summed E-state index contributed by atoms with van der Waals surface area (Å²) in [7, 11) is 0. The molecule has 3 aromatic rings. The van der Waals surface area contributed by atoms with E-state index in [-0.39, 0.29) is 17.6 Å². The molecular weight excluding hydrogens is 430 g/mol. The molecule has 176 valence electrons. The third-order valence-corrected chi connectivity index (χ3v) is 5.86. The molecular formula is C25H29N7O2. The van der Waals surface area contributed by atoms with Crippen LogP contribution in [0.2, 0.25) is 0 Å². The number of hydrogen-bond donors (Lipinski definition) is 3. The minimum atomic E-state index is -0.600. The Hall–Kier alpha value is -4.14. The predicted octanol–water partition coefficient (Wildman–Crippen LogP) is 4.49. The largest absolute Gasteiger partial charge is 0.365 e. The first kappa shape index (κ1) is 23.0. The Labute approximate surface area is 199 Å². The van der Waals surface area contributed by atoms with Crippen molar-refractivity contribution in [3.8, 4) is 0 Å². The number of hydrogen-bond acceptors (Lipinski definition) is 6. The molecule has 4 N–H and O–H groups in total. The van der Waals surface area contributed by atoms with Crippen molar-refractivity contribution in [1.29, 1.82) is 0 Å². The van der Waals surface area contributed by atoms with Crippen molar-refractivity contribution in [1.82, 2.24) is 14.9 Å². The van der Waals surface area contributed by atoms with Gasteiger partial charge < -0.3 is 26.2 Å². The fourth-order valence-corrected chi connectivity index (χ4v) is 4.11. The summed E-state index contributed by atoms with van der Waals surface area (Å²) in [5, 5.41) is 6.13. The van der Waals surface area contributed by atoms with Crippen LogP contribution >= 0.6 is 0 Å². The fourth-order valence-electron chi connectivity index (χ4n) is 4.11. The van der Waals surface area contributed by atoms with Crippen LogP contribution in [0.5, 0.6) is 0 Å². The first-order valence-corrected chi connectivity index (χ1v) is 11.4. The Morgan fingerprint density at radius 2 is 1.91 bits per heavy atom. The summed E-state index contributed by atoms with van der Waals surface area (Å²) < 4.78 is 0. The van der Waals surface area contributed by atoms with Gasteiger partial charge in [-0.2, -0.15) is 4.98 Å². The number of nitrogens with two attached hydrogens (primary N) is 1. The van der Waals surface area contributed by atoms with Gasteiger partial charge in [0.2, 0.25) is 5.95 Å². The van der Waals surface area contributed by atoms with Gasteiger partial charge in [0.15, 0.2) is 5.82 Å². The van der Waals surface area contributed by atoms with E-state index in [2.05, 4.69) is 27.5 Å². The normalized spacial score (nSPS) is 15.1. The molecule has 9 heteroatoms. The van der Waals surface area contributed by atoms with E-state index in [4.69, 9.17) is 5.73 Å². The summed E-state index contributed by atoms with van der Waals surface area (Å²) in [5.41, 5.74) is 8.10. The lowest BCUT2D eigenvalue weighted by atomic mass is 10.2. The van der Waals surface area contributed by atoms with Gasteiger partial charge in [-0.3, -0.25) is 4.79 Å². The molecule has 1 aromatic heterocycles. The standard InChI is InChI=1S/C25H29N7O2/c1-3-31(20-12-5-4-6-13-20)23-21(22(26)33)16-27-24(30-23)28-18-10-7-11-19(15-18)29-25(34)32-14-8-9-17(32)2/h4-7,10-13,15-17H,3,8-9,14H2,1-2H3,(H2,26,33)(H,29,34)(H,27,28,30)/t17-/m1/s1. The van der Waals surface area contributed by atoms with E-state index in [0.717, 1.165) is 25.1 Å². The second kappa shape index (κ2) is 10.2. The smallest absolute Gasteiger partial charge is 0.322 e. The third kappa shape index (κ3) is 5.09. The van der Waals surface area contributed by atoms with Crippen LogP contribution in [0.4, 0.5) is 33.6 Å². The number of aromatic nitrogens is 2. The van der Waals surface area contributed by atoms with Gasteiger partial charge in [0.05, 0.1) is 0 Å². The number of nitrogens with zero attached hydrogens (tertiary/aromatic N) is 4. The van der Waals surface area contributed by atoms with E-state index in [1.54, 1.807) is 0 Å². The van der Waals surface area contributed by atoms with Crippen LogP contribution in [0.1, 0.15) is 37.0 Å². The van der Waals surface area contributed by atoms with Gasteiger partial charge in [0, 0.05) is 42.4 Å². The summed E-state index contributed by atoms with van der Waals surface area (Å²) in [5.74, 6) is 0.133. The van der Waals surface area contributed by atoms with E-state index >= 15 is 0 Å². The summed E-state index contributed by atoms with van der Waals surface area (Å²) >= 11 is 0. The van der Waals surface area contributed by atoms with Gasteiger partial charge in [-0.05, 0) is 57.0 Å². The lowest BCUT2D eigenvalue weighted by Gasteiger charge is -2.24. The highest BCUT2D eigenvalue weighted by molar-refractivity contribution is 5.98. The number of urea groups is 1. The van der Waals surface area contributed by atoms with Gasteiger partial charge in [0.1, 0.15) is 5.56 Å². The molecule has 4 rings (SSSR count). The molecule has 1 aliphatic rings. The molecule has 9 nitrogen and oxygen atoms in total. The predicted molar refractivity (Wildman–Crippen MR) is 134 cm³/mol. The number of carbonyl (C=O) groups is 2. The van der Waals surface area contributed by atoms with Crippen LogP contribution in [0.25, 0.3) is 0 Å². The van der Waals surface area contributed by atoms with Crippen molar-refractivity contribution in [2.45, 2.75) is 32.7 Å². The Kier molecular flexibility index (Phi) is 6.91. The lowest BCUT2D eigenvalue weighted by molar-refractivity contribution is 0.1000. The zero-order valence-electron chi connectivity index (χ0n) is 19.4. The fraction of sp³-hybridized carbons (Fsp3) is 0.280. The van der Waals surface area contributed by atoms with Crippen LogP contribution in [0, 0.1) is 0 Å². The summed E-state index contributed by atoms with van der Waals surface area (Å²) in [6.45, 7) is 5.38. The van der Waals surface area contributed by atoms with Gasteiger partial charge in [0.25, 0.3) is 5.91 Å². The second-order valence-electron chi connectivity index (χ2n) is 8.20. The van der Waals surface area contributed by atoms with Crippen molar-refractivity contribution >= 4 is 40.8 Å². The molecule has 1 atom stereocenters. The molecule has 1 fully saturated rings. The van der Waals surface area contributed by atoms with Crippen molar-refractivity contribution in [2.75, 3.05) is 28.6 Å². The molecule has 0 unspecified atom stereocenters. The molecule has 0 saturated carbocycles. The lowest BCUT2D eigenvalue weighted by Crippen LogP contribution is -2.37. The van der Waals surface area contributed by atoms with E-state index in [9.17, 15) is 9.59 Å². The SMILES string of the molecule is CCN(c1ccccc1)c1nc(Nc2cccc(NC(=O)N3CCC[C@H]3C)c2)ncc1C(N)=O. The highest BCUT2D eigenvalue weighted by Crippen LogP contribution is 2.28. The molecule has 2 aromatic carbocycles. The number of nitrogens with one attached hydrogen (secondary N) is 2. The van der Waals surface area contributed by atoms with Crippen molar-refractivity contribution in [2.24, 2.45) is 5.73 Å². The Morgan fingerprint density at radius 1 is 1.15 bits per heavy atom. The molecule has 0 radical (unpaired) electrons. The summed E-state index contributed by atoms with van der Waals surface area (Å²) in [6, 6.07) is 17.1. The number of primary amides is 1. The highest BCUT2D eigenvalue weighted by Gasteiger charge is 2.25. The Morgan fingerprint density at radius 3 is 2.59 bits per heavy atom. The van der Waals surface area contributed by atoms with Crippen molar-refractivity contribution in [3.63, 3.8) is 0 Å². The van der Waals surface area contributed by atoms with Crippen LogP contribution < -0.4 is 21.3 Å². The highest BCUT2D eigenvalue weighted by atomic mass is 16.2. The maximum Gasteiger partial charge on any atom is 0.322 e. The minimum absolute atomic E-state index is 0.104. The number of anilines is 5. The van der Waals surface area contributed by atoms with Gasteiger partial charge in [-0.25, -0.2) is 9.78 Å². The van der Waals surface area contributed by atoms with Gasteiger partial charge in [-0.15, -0.1) is 0 Å². The Bertz CT molecular complexity index is 1170. The van der Waals surface area contributed by atoms with Crippen molar-refractivity contribution < 1.29 is 9.59 Å². The summed E-state index contributed by atoms with van der Waals surface area (Å²) in [4.78, 5) is 37.3. The second-order valence-corrected chi connectivity index (χ2v) is 8.20. The van der Waals surface area contributed by atoms with Crippen LogP contribution in [-0.2, 0) is 0 Å². The van der Waals surface area contributed by atoms with E-state index in [0.29, 0.717) is 29.7 Å². The number of carbonyl (C=O) groups excluding carboxylic acids is 2. The van der Waals surface area contributed by atoms with Gasteiger partial charge >= 0.3 is 6.03 Å². The quantitative estimate of drug-likeness (QED) is 0.479. The molecule has 0 spiro atoms. The third-order valence-electron chi connectivity index (χ3n) is 5.86. The number of rotatable bonds is 7. The molecule has 2 heterocycles. The molecule has 0 aliphatic carbocycles. The first-order valence-electron chi connectivity index (χ1n) is 11.4. The average Bonchev–Trinajstić information content (AvgIpc) is 3.26. The van der Waals surface area contributed by atoms with Crippen LogP contribution in [0.15, 0.2) is 60.8 Å². The molecule has 0 bridgehead atoms. The maximum atomic E-state index is 12.6. The van der Waals surface area contributed by atoms with E-state index in [1.807, 2.05) is 71.3 Å². The zero-order valence-corrected chi connectivity index (χ0v) is 19.4.